The summed E-state index contributed by atoms with van der Waals surface area (Å²) in [6.45, 7) is 6.13. The fourth-order valence-corrected chi connectivity index (χ4v) is 8.39. The van der Waals surface area contributed by atoms with Crippen LogP contribution in [0.2, 0.25) is 0 Å². The minimum absolute atomic E-state index is 0.0565. The highest BCUT2D eigenvalue weighted by Gasteiger charge is 2.37. The second-order valence-electron chi connectivity index (χ2n) is 16.1. The van der Waals surface area contributed by atoms with Gasteiger partial charge in [0.1, 0.15) is 43.2 Å². The largest absolute Gasteiger partial charge is 0.506 e. The van der Waals surface area contributed by atoms with E-state index in [0.29, 0.717) is 46.0 Å². The van der Waals surface area contributed by atoms with Gasteiger partial charge in [-0.1, -0.05) is 72.8 Å². The van der Waals surface area contributed by atoms with Gasteiger partial charge < -0.3 is 44.8 Å². The maximum absolute atomic E-state index is 13.2. The second-order valence-corrected chi connectivity index (χ2v) is 16.1. The minimum Gasteiger partial charge on any atom is -0.506 e. The normalized spacial score (nSPS) is 17.7. The number of aryl methyl sites for hydroxylation is 1. The number of aromatic amines is 1. The number of phenols is 1. The van der Waals surface area contributed by atoms with Gasteiger partial charge in [0, 0.05) is 31.1 Å². The molecule has 1 unspecified atom stereocenters. The number of carbonyl (C=O) groups is 2. The van der Waals surface area contributed by atoms with E-state index in [1.54, 1.807) is 24.3 Å². The van der Waals surface area contributed by atoms with Crippen LogP contribution in [0.4, 0.5) is 4.79 Å². The van der Waals surface area contributed by atoms with Crippen LogP contribution in [-0.2, 0) is 22.6 Å². The van der Waals surface area contributed by atoms with E-state index in [-0.39, 0.29) is 43.8 Å². The number of ether oxygens (including phenoxy) is 4. The van der Waals surface area contributed by atoms with Crippen molar-refractivity contribution in [3.63, 3.8) is 0 Å². The lowest BCUT2D eigenvalue weighted by molar-refractivity contribution is -0.0336. The number of piperidine rings is 3. The molecule has 6 aromatic rings. The Hall–Kier alpha value is -6.67. The quantitative estimate of drug-likeness (QED) is 0.0469. The molecule has 3 aliphatic heterocycles. The van der Waals surface area contributed by atoms with E-state index in [1.807, 2.05) is 91.9 Å². The van der Waals surface area contributed by atoms with Crippen molar-refractivity contribution in [2.24, 2.45) is 5.92 Å². The Bertz CT molecular complexity index is 2570. The summed E-state index contributed by atoms with van der Waals surface area (Å²) in [6, 6.07) is 36.0. The van der Waals surface area contributed by atoms with Crippen LogP contribution < -0.4 is 25.7 Å². The molecule has 13 nitrogen and oxygen atoms in total. The zero-order valence-corrected chi connectivity index (χ0v) is 35.1. The number of aliphatic hydroxyl groups excluding tert-OH is 1. The molecule has 1 aromatic heterocycles. The summed E-state index contributed by atoms with van der Waals surface area (Å²) < 4.78 is 23.5. The molecule has 5 aromatic carbocycles. The molecule has 1 amide bonds. The predicted molar refractivity (Wildman–Crippen MR) is 238 cm³/mol. The first-order valence-electron chi connectivity index (χ1n) is 21.4. The van der Waals surface area contributed by atoms with Crippen molar-refractivity contribution in [3.05, 3.63) is 171 Å². The number of nitrogens with zero attached hydrogens (tertiary/aromatic N) is 1. The van der Waals surface area contributed by atoms with Crippen LogP contribution in [0, 0.1) is 12.8 Å². The predicted octanol–water partition coefficient (Wildman–Crippen LogP) is 7.09. The highest BCUT2D eigenvalue weighted by Crippen LogP contribution is 2.32. The van der Waals surface area contributed by atoms with Crippen molar-refractivity contribution in [1.82, 2.24) is 20.5 Å². The molecule has 3 saturated heterocycles. The molecule has 9 rings (SSSR count). The van der Waals surface area contributed by atoms with Crippen LogP contribution in [-0.4, -0.2) is 77.7 Å². The van der Waals surface area contributed by atoms with Crippen LogP contribution in [0.15, 0.2) is 126 Å². The number of aromatic nitrogens is 1. The number of esters is 1. The number of phenolic OH excluding ortho intramolecular Hbond substituents is 1. The van der Waals surface area contributed by atoms with E-state index < -0.39 is 24.2 Å². The molecule has 0 radical (unpaired) electrons. The molecular formula is C50H52N4O9. The number of rotatable bonds is 17. The number of fused-ring (bicyclic) bond motifs is 4. The van der Waals surface area contributed by atoms with E-state index in [4.69, 9.17) is 18.9 Å². The van der Waals surface area contributed by atoms with Gasteiger partial charge in [-0.25, -0.2) is 9.59 Å². The number of pyridine rings is 1. The van der Waals surface area contributed by atoms with Crippen molar-refractivity contribution in [3.8, 4) is 17.2 Å². The maximum atomic E-state index is 13.2. The summed E-state index contributed by atoms with van der Waals surface area (Å²) >= 11 is 0. The number of benzene rings is 5. The molecule has 0 spiro atoms. The van der Waals surface area contributed by atoms with Crippen LogP contribution in [0.3, 0.4) is 0 Å². The van der Waals surface area contributed by atoms with Crippen molar-refractivity contribution in [1.29, 1.82) is 0 Å². The lowest BCUT2D eigenvalue weighted by atomic mass is 9.86. The SMILES string of the molecule is Cc1cc(CNC[C@@H](O)c2ccc(O)c3[nH]c(=O)ccc23)ccc1OCCOC(=O)c1ccc(COc2cccc(C(NC(=O)O[C@H]3CN4CCC3CC4)c3ccccc3)c2)cc1. The molecule has 3 atom stereocenters. The Balaban J connectivity index is 0.773. The first-order valence-corrected chi connectivity index (χ1v) is 21.4. The van der Waals surface area contributed by atoms with Crippen LogP contribution in [0.1, 0.15) is 68.7 Å². The Morgan fingerprint density at radius 2 is 1.62 bits per heavy atom. The van der Waals surface area contributed by atoms with Gasteiger partial charge in [-0.3, -0.25) is 9.69 Å². The third-order valence-corrected chi connectivity index (χ3v) is 11.8. The average Bonchev–Trinajstić information content (AvgIpc) is 3.30. The van der Waals surface area contributed by atoms with Gasteiger partial charge in [0.25, 0.3) is 0 Å². The molecule has 3 fully saturated rings. The fraction of sp³-hybridized carbons (Fsp3) is 0.300. The topological polar surface area (TPSA) is 172 Å². The van der Waals surface area contributed by atoms with Gasteiger partial charge in [-0.15, -0.1) is 0 Å². The molecule has 3 aliphatic rings. The Morgan fingerprint density at radius 1 is 0.841 bits per heavy atom. The summed E-state index contributed by atoms with van der Waals surface area (Å²) in [7, 11) is 0. The molecule has 13 heteroatoms. The van der Waals surface area contributed by atoms with Crippen LogP contribution in [0.25, 0.3) is 10.9 Å². The zero-order chi connectivity index (χ0) is 43.7. The van der Waals surface area contributed by atoms with Gasteiger partial charge >= 0.3 is 12.1 Å². The van der Waals surface area contributed by atoms with E-state index in [9.17, 15) is 24.6 Å². The Labute approximate surface area is 365 Å². The summed E-state index contributed by atoms with van der Waals surface area (Å²) in [6.07, 6.45) is 0.740. The van der Waals surface area contributed by atoms with E-state index in [1.165, 1.54) is 12.1 Å². The first kappa shape index (κ1) is 43.0. The number of aromatic hydroxyl groups is 1. The van der Waals surface area contributed by atoms with Gasteiger partial charge in [0.15, 0.2) is 0 Å². The fourth-order valence-electron chi connectivity index (χ4n) is 8.39. The Morgan fingerprint density at radius 3 is 2.38 bits per heavy atom. The van der Waals surface area contributed by atoms with Crippen molar-refractivity contribution >= 4 is 23.0 Å². The highest BCUT2D eigenvalue weighted by atomic mass is 16.6. The molecule has 5 N–H and O–H groups in total. The number of hydrogen-bond donors (Lipinski definition) is 5. The number of aliphatic hydroxyl groups is 1. The lowest BCUT2D eigenvalue weighted by Gasteiger charge is -2.43. The first-order chi connectivity index (χ1) is 30.7. The van der Waals surface area contributed by atoms with Gasteiger partial charge in [0.2, 0.25) is 5.56 Å². The molecule has 0 aliphatic carbocycles. The highest BCUT2D eigenvalue weighted by molar-refractivity contribution is 5.89. The van der Waals surface area contributed by atoms with Crippen LogP contribution >= 0.6 is 0 Å². The molecule has 0 saturated carbocycles. The monoisotopic (exact) mass is 852 g/mol. The molecule has 2 bridgehead atoms. The van der Waals surface area contributed by atoms with E-state index >= 15 is 0 Å². The van der Waals surface area contributed by atoms with E-state index in [0.717, 1.165) is 60.3 Å². The summed E-state index contributed by atoms with van der Waals surface area (Å²) in [5.74, 6) is 1.21. The summed E-state index contributed by atoms with van der Waals surface area (Å²) in [5.41, 5.74) is 5.53. The smallest absolute Gasteiger partial charge is 0.408 e. The molecule has 326 valence electrons. The second kappa shape index (κ2) is 20.0. The van der Waals surface area contributed by atoms with Gasteiger partial charge in [0.05, 0.1) is 23.2 Å². The van der Waals surface area contributed by atoms with Gasteiger partial charge in [-0.05, 0) is 115 Å². The number of nitrogens with one attached hydrogen (secondary N) is 3. The molecule has 4 heterocycles. The number of amides is 1. The molecule has 63 heavy (non-hydrogen) atoms. The minimum atomic E-state index is -0.866. The van der Waals surface area contributed by atoms with Crippen molar-refractivity contribution in [2.75, 3.05) is 39.4 Å². The summed E-state index contributed by atoms with van der Waals surface area (Å²) in [4.78, 5) is 42.8. The zero-order valence-electron chi connectivity index (χ0n) is 35.1. The third-order valence-electron chi connectivity index (χ3n) is 11.8. The standard InChI is InChI=1S/C50H52N4O9/c1-32-26-34(28-51-29-43(56)40-15-17-42(55)48-41(40)16-19-46(57)52-48)12-18-44(32)60-24-25-61-49(58)37-13-10-33(11-14-37)31-62-39-9-5-8-38(27-39)47(36-6-3-2-4-7-36)53-50(59)63-45-30-54-22-20-35(45)21-23-54/h2-19,26-27,35,43,45,47,51,55-56H,20-25,28-31H2,1H3,(H,52,57)(H,53,59)/t43-,45+,47?/m1/s1. The van der Waals surface area contributed by atoms with Crippen molar-refractivity contribution < 1.29 is 38.7 Å². The number of H-pyrrole nitrogens is 1. The Kier molecular flexibility index (Phi) is 13.7. The average molecular weight is 853 g/mol. The number of hydrogen-bond acceptors (Lipinski definition) is 11. The van der Waals surface area contributed by atoms with Crippen LogP contribution in [0.5, 0.6) is 17.2 Å². The lowest BCUT2D eigenvalue weighted by Crippen LogP contribution is -2.52. The maximum Gasteiger partial charge on any atom is 0.408 e. The molecular weight excluding hydrogens is 801 g/mol. The van der Waals surface area contributed by atoms with E-state index in [2.05, 4.69) is 20.5 Å². The summed E-state index contributed by atoms with van der Waals surface area (Å²) in [5, 5.41) is 28.0. The van der Waals surface area contributed by atoms with Crippen molar-refractivity contribution in [2.45, 2.75) is 51.2 Å². The number of carbonyl (C=O) groups excluding carboxylic acids is 2. The number of alkyl carbamates (subject to hydrolysis) is 1. The van der Waals surface area contributed by atoms with Gasteiger partial charge in [-0.2, -0.15) is 0 Å². The third kappa shape index (κ3) is 10.9.